The molecule has 2 unspecified atom stereocenters. The molecule has 5 N–H and O–H groups in total. The molecule has 40 heavy (non-hydrogen) atoms. The van der Waals surface area contributed by atoms with E-state index in [9.17, 15) is 14.4 Å². The fraction of sp³-hybridized carbons (Fsp3) is 0.586. The van der Waals surface area contributed by atoms with Gasteiger partial charge in [0.25, 0.3) is 0 Å². The number of rotatable bonds is 5. The van der Waals surface area contributed by atoms with E-state index in [-0.39, 0.29) is 17.8 Å². The Labute approximate surface area is 235 Å². The van der Waals surface area contributed by atoms with Crippen molar-refractivity contribution in [3.8, 4) is 5.69 Å². The molecule has 0 bridgehead atoms. The summed E-state index contributed by atoms with van der Waals surface area (Å²) < 4.78 is 1.51. The molecule has 0 radical (unpaired) electrons. The first-order chi connectivity index (χ1) is 19.0. The Hall–Kier alpha value is -3.28. The van der Waals surface area contributed by atoms with Crippen LogP contribution in [0.15, 0.2) is 35.3 Å². The molecule has 2 fully saturated rings. The molecule has 3 amide bonds. The van der Waals surface area contributed by atoms with Crippen molar-refractivity contribution in [2.75, 3.05) is 38.5 Å². The summed E-state index contributed by atoms with van der Waals surface area (Å²) in [7, 11) is 2.24. The molecule has 0 spiro atoms. The van der Waals surface area contributed by atoms with Crippen molar-refractivity contribution in [3.63, 3.8) is 0 Å². The first-order valence-electron chi connectivity index (χ1n) is 14.3. The van der Waals surface area contributed by atoms with Gasteiger partial charge in [-0.15, -0.1) is 0 Å². The van der Waals surface area contributed by atoms with Gasteiger partial charge in [-0.05, 0) is 88.7 Å². The molecular weight excluding hydrogens is 508 g/mol. The topological polar surface area (TPSA) is 143 Å². The van der Waals surface area contributed by atoms with Gasteiger partial charge in [-0.2, -0.15) is 4.98 Å². The van der Waals surface area contributed by atoms with Crippen LogP contribution in [0.1, 0.15) is 50.7 Å². The van der Waals surface area contributed by atoms with E-state index in [0.717, 1.165) is 37.8 Å². The van der Waals surface area contributed by atoms with Gasteiger partial charge in [-0.25, -0.2) is 9.59 Å². The van der Waals surface area contributed by atoms with E-state index >= 15 is 0 Å². The second-order valence-electron chi connectivity index (χ2n) is 12.1. The molecule has 1 saturated heterocycles. The molecule has 216 valence electrons. The minimum atomic E-state index is -0.945. The number of nitrogens with one attached hydrogen (secondary N) is 1. The maximum absolute atomic E-state index is 12.9. The quantitative estimate of drug-likeness (QED) is 0.509. The maximum atomic E-state index is 12.9. The third-order valence-corrected chi connectivity index (χ3v) is 8.71. The molecule has 1 aromatic carbocycles. The Balaban J connectivity index is 1.19. The summed E-state index contributed by atoms with van der Waals surface area (Å²) in [4.78, 5) is 48.0. The normalized spacial score (nSPS) is 23.3. The second kappa shape index (κ2) is 11.3. The number of urea groups is 1. The molecule has 2 aliphatic carbocycles. The molecule has 11 nitrogen and oxygen atoms in total. The van der Waals surface area contributed by atoms with Crippen molar-refractivity contribution in [2.45, 2.75) is 76.0 Å². The average molecular weight is 551 g/mol. The van der Waals surface area contributed by atoms with Crippen molar-refractivity contribution >= 4 is 17.8 Å². The highest BCUT2D eigenvalue weighted by Crippen LogP contribution is 2.30. The van der Waals surface area contributed by atoms with Gasteiger partial charge in [0, 0.05) is 50.5 Å². The third kappa shape index (κ3) is 6.06. The van der Waals surface area contributed by atoms with Crippen LogP contribution in [0.5, 0.6) is 0 Å². The van der Waals surface area contributed by atoms with Gasteiger partial charge in [0.05, 0.1) is 11.2 Å². The standard InChI is InChI=1S/C29H42N8O3/c1-29(2,31)26(38)35-12-14-36(15-13-35)27(39)32-25-10-11-37(28(40)33-25)24-8-5-19-16-22(7-4-20(19)17-24)34(3)23-9-6-21(30)18-23/h5,8,10-11,17,21-23H,4,6-7,9,12-16,18,30-31H2,1-3H3,(H,32,33,39,40)/t21?,22?,23-/m0/s1. The highest BCUT2D eigenvalue weighted by atomic mass is 16.2. The van der Waals surface area contributed by atoms with Crippen LogP contribution in [0.3, 0.4) is 0 Å². The lowest BCUT2D eigenvalue weighted by atomic mass is 9.86. The minimum absolute atomic E-state index is 0.138. The minimum Gasteiger partial charge on any atom is -0.338 e. The summed E-state index contributed by atoms with van der Waals surface area (Å²) in [6.07, 6.45) is 8.07. The van der Waals surface area contributed by atoms with Crippen molar-refractivity contribution < 1.29 is 9.59 Å². The van der Waals surface area contributed by atoms with Gasteiger partial charge in [0.2, 0.25) is 5.91 Å². The number of benzene rings is 1. The number of anilines is 1. The van der Waals surface area contributed by atoms with Crippen LogP contribution >= 0.6 is 0 Å². The number of nitrogens with two attached hydrogens (primary N) is 2. The molecule has 1 saturated carbocycles. The van der Waals surface area contributed by atoms with Crippen molar-refractivity contribution in [1.29, 1.82) is 0 Å². The van der Waals surface area contributed by atoms with E-state index in [1.807, 2.05) is 6.07 Å². The van der Waals surface area contributed by atoms with Gasteiger partial charge in [0.1, 0.15) is 5.82 Å². The summed E-state index contributed by atoms with van der Waals surface area (Å²) in [5.41, 5.74) is 14.0. The molecule has 1 aromatic heterocycles. The van der Waals surface area contributed by atoms with Gasteiger partial charge >= 0.3 is 11.7 Å². The monoisotopic (exact) mass is 550 g/mol. The summed E-state index contributed by atoms with van der Waals surface area (Å²) >= 11 is 0. The summed E-state index contributed by atoms with van der Waals surface area (Å²) in [5, 5.41) is 2.72. The number of carbonyl (C=O) groups is 2. The smallest absolute Gasteiger partial charge is 0.338 e. The van der Waals surface area contributed by atoms with Gasteiger partial charge in [-0.1, -0.05) is 6.07 Å². The Kier molecular flexibility index (Phi) is 7.98. The molecule has 2 aromatic rings. The highest BCUT2D eigenvalue weighted by Gasteiger charge is 2.32. The number of fused-ring (bicyclic) bond motifs is 1. The predicted molar refractivity (Wildman–Crippen MR) is 154 cm³/mol. The molecular formula is C29H42N8O3. The number of piperazine rings is 1. The lowest BCUT2D eigenvalue weighted by molar-refractivity contribution is -0.137. The Morgan fingerprint density at radius 1 is 1.02 bits per heavy atom. The lowest BCUT2D eigenvalue weighted by Gasteiger charge is -2.37. The SMILES string of the molecule is CN(C1CCc2cc(-n3ccc(NC(=O)N4CCN(C(=O)C(C)(C)N)CC4)nc3=O)ccc2C1)[C@H]1CCC(N)C1. The average Bonchev–Trinajstić information content (AvgIpc) is 3.37. The fourth-order valence-electron chi connectivity index (χ4n) is 6.26. The van der Waals surface area contributed by atoms with Crippen LogP contribution in [0.2, 0.25) is 0 Å². The first kappa shape index (κ1) is 28.3. The van der Waals surface area contributed by atoms with Crippen LogP contribution < -0.4 is 22.5 Å². The Morgan fingerprint density at radius 2 is 1.75 bits per heavy atom. The number of hydrogen-bond donors (Lipinski definition) is 3. The maximum Gasteiger partial charge on any atom is 0.354 e. The van der Waals surface area contributed by atoms with E-state index in [0.29, 0.717) is 44.3 Å². The number of aromatic nitrogens is 2. The second-order valence-corrected chi connectivity index (χ2v) is 12.1. The Morgan fingerprint density at radius 3 is 2.40 bits per heavy atom. The zero-order chi connectivity index (χ0) is 28.6. The number of likely N-dealkylation sites (N-methyl/N-ethyl adjacent to an activating group) is 1. The van der Waals surface area contributed by atoms with Crippen LogP contribution in [0, 0.1) is 0 Å². The molecule has 1 aliphatic heterocycles. The first-order valence-corrected chi connectivity index (χ1v) is 14.3. The number of carbonyl (C=O) groups excluding carboxylic acids is 2. The van der Waals surface area contributed by atoms with Gasteiger partial charge in [0.15, 0.2) is 0 Å². The highest BCUT2D eigenvalue weighted by molar-refractivity contribution is 5.89. The zero-order valence-electron chi connectivity index (χ0n) is 23.8. The van der Waals surface area contributed by atoms with E-state index < -0.39 is 11.2 Å². The zero-order valence-corrected chi connectivity index (χ0v) is 23.8. The van der Waals surface area contributed by atoms with Crippen LogP contribution in [-0.2, 0) is 17.6 Å². The molecule has 2 heterocycles. The molecule has 11 heteroatoms. The largest absolute Gasteiger partial charge is 0.354 e. The van der Waals surface area contributed by atoms with Crippen molar-refractivity contribution in [1.82, 2.24) is 24.3 Å². The van der Waals surface area contributed by atoms with Crippen LogP contribution in [0.25, 0.3) is 5.69 Å². The number of amides is 3. The Bertz CT molecular complexity index is 1310. The van der Waals surface area contributed by atoms with Crippen LogP contribution in [0.4, 0.5) is 10.6 Å². The van der Waals surface area contributed by atoms with E-state index in [1.54, 1.807) is 35.9 Å². The summed E-state index contributed by atoms with van der Waals surface area (Å²) in [5.74, 6) is 0.0600. The molecule has 5 rings (SSSR count). The molecule has 3 aliphatic rings. The third-order valence-electron chi connectivity index (χ3n) is 8.71. The van der Waals surface area contributed by atoms with E-state index in [4.69, 9.17) is 11.5 Å². The number of aryl methyl sites for hydroxylation is 1. The van der Waals surface area contributed by atoms with Gasteiger partial charge in [-0.3, -0.25) is 14.7 Å². The van der Waals surface area contributed by atoms with Crippen molar-refractivity contribution in [3.05, 3.63) is 52.1 Å². The van der Waals surface area contributed by atoms with E-state index in [2.05, 4.69) is 34.4 Å². The fourth-order valence-corrected chi connectivity index (χ4v) is 6.26. The number of nitrogens with zero attached hydrogens (tertiary/aromatic N) is 5. The summed E-state index contributed by atoms with van der Waals surface area (Å²) in [6, 6.07) is 8.87. The summed E-state index contributed by atoms with van der Waals surface area (Å²) in [6.45, 7) is 4.93. The van der Waals surface area contributed by atoms with E-state index in [1.165, 1.54) is 22.1 Å². The predicted octanol–water partition coefficient (Wildman–Crippen LogP) is 1.31. The number of hydrogen-bond acceptors (Lipinski definition) is 7. The van der Waals surface area contributed by atoms with Gasteiger partial charge < -0.3 is 26.2 Å². The lowest BCUT2D eigenvalue weighted by Crippen LogP contribution is -2.58. The molecule has 3 atom stereocenters. The van der Waals surface area contributed by atoms with Crippen LogP contribution in [-0.4, -0.2) is 93.1 Å². The van der Waals surface area contributed by atoms with Crippen molar-refractivity contribution in [2.24, 2.45) is 11.5 Å².